The molecule has 0 bridgehead atoms. The van der Waals surface area contributed by atoms with Gasteiger partial charge >= 0.3 is 0 Å². The summed E-state index contributed by atoms with van der Waals surface area (Å²) in [6, 6.07) is 0. The SMILES string of the molecule is CCN1CC(C(=O)NCC(C)C)CC1=O. The molecule has 4 nitrogen and oxygen atoms in total. The van der Waals surface area contributed by atoms with Gasteiger partial charge in [-0.3, -0.25) is 9.59 Å². The Bertz CT molecular complexity index is 251. The van der Waals surface area contributed by atoms with E-state index in [-0.39, 0.29) is 17.7 Å². The van der Waals surface area contributed by atoms with E-state index in [1.165, 1.54) is 0 Å². The van der Waals surface area contributed by atoms with E-state index in [2.05, 4.69) is 19.2 Å². The van der Waals surface area contributed by atoms with Crippen LogP contribution in [0, 0.1) is 11.8 Å². The Morgan fingerprint density at radius 1 is 1.60 bits per heavy atom. The summed E-state index contributed by atoms with van der Waals surface area (Å²) in [6.07, 6.45) is 0.373. The highest BCUT2D eigenvalue weighted by atomic mass is 16.2. The number of nitrogens with one attached hydrogen (secondary N) is 1. The second-order valence-electron chi connectivity index (χ2n) is 4.47. The lowest BCUT2D eigenvalue weighted by Gasteiger charge is -2.14. The molecule has 1 aliphatic heterocycles. The number of hydrogen-bond donors (Lipinski definition) is 1. The summed E-state index contributed by atoms with van der Waals surface area (Å²) in [5.41, 5.74) is 0. The highest BCUT2D eigenvalue weighted by Crippen LogP contribution is 2.17. The van der Waals surface area contributed by atoms with Gasteiger partial charge < -0.3 is 10.2 Å². The molecule has 0 aromatic heterocycles. The molecule has 1 heterocycles. The summed E-state index contributed by atoms with van der Waals surface area (Å²) in [5.74, 6) is 0.430. The average Bonchev–Trinajstić information content (AvgIpc) is 2.56. The van der Waals surface area contributed by atoms with Gasteiger partial charge in [0, 0.05) is 26.1 Å². The van der Waals surface area contributed by atoms with Crippen molar-refractivity contribution in [3.05, 3.63) is 0 Å². The fourth-order valence-electron chi connectivity index (χ4n) is 1.70. The van der Waals surface area contributed by atoms with E-state index in [9.17, 15) is 9.59 Å². The van der Waals surface area contributed by atoms with Crippen LogP contribution in [-0.2, 0) is 9.59 Å². The second kappa shape index (κ2) is 5.14. The molecule has 86 valence electrons. The van der Waals surface area contributed by atoms with E-state index < -0.39 is 0 Å². The van der Waals surface area contributed by atoms with Crippen LogP contribution < -0.4 is 5.32 Å². The number of amides is 2. The fourth-order valence-corrected chi connectivity index (χ4v) is 1.70. The zero-order chi connectivity index (χ0) is 11.4. The van der Waals surface area contributed by atoms with E-state index >= 15 is 0 Å². The van der Waals surface area contributed by atoms with Crippen molar-refractivity contribution in [3.8, 4) is 0 Å². The summed E-state index contributed by atoms with van der Waals surface area (Å²) >= 11 is 0. The van der Waals surface area contributed by atoms with Crippen molar-refractivity contribution in [3.63, 3.8) is 0 Å². The van der Waals surface area contributed by atoms with Gasteiger partial charge in [-0.25, -0.2) is 0 Å². The van der Waals surface area contributed by atoms with Crippen molar-refractivity contribution in [2.75, 3.05) is 19.6 Å². The zero-order valence-corrected chi connectivity index (χ0v) is 9.75. The minimum atomic E-state index is -0.142. The molecule has 1 saturated heterocycles. The van der Waals surface area contributed by atoms with Crippen molar-refractivity contribution < 1.29 is 9.59 Å². The van der Waals surface area contributed by atoms with E-state index in [1.54, 1.807) is 4.90 Å². The normalized spacial score (nSPS) is 21.2. The minimum Gasteiger partial charge on any atom is -0.356 e. The monoisotopic (exact) mass is 212 g/mol. The maximum absolute atomic E-state index is 11.7. The predicted molar refractivity (Wildman–Crippen MR) is 58.2 cm³/mol. The van der Waals surface area contributed by atoms with E-state index in [0.717, 1.165) is 0 Å². The van der Waals surface area contributed by atoms with Crippen LogP contribution in [0.25, 0.3) is 0 Å². The quantitative estimate of drug-likeness (QED) is 0.743. The van der Waals surface area contributed by atoms with Crippen LogP contribution in [0.4, 0.5) is 0 Å². The Balaban J connectivity index is 2.39. The van der Waals surface area contributed by atoms with E-state index in [4.69, 9.17) is 0 Å². The molecule has 2 amide bonds. The van der Waals surface area contributed by atoms with Crippen LogP contribution in [0.1, 0.15) is 27.2 Å². The maximum atomic E-state index is 11.7. The first-order valence-corrected chi connectivity index (χ1v) is 5.60. The van der Waals surface area contributed by atoms with Crippen molar-refractivity contribution in [2.45, 2.75) is 27.2 Å². The van der Waals surface area contributed by atoms with Crippen molar-refractivity contribution in [1.82, 2.24) is 10.2 Å². The largest absolute Gasteiger partial charge is 0.356 e. The first kappa shape index (κ1) is 12.0. The zero-order valence-electron chi connectivity index (χ0n) is 9.75. The lowest BCUT2D eigenvalue weighted by Crippen LogP contribution is -2.34. The highest BCUT2D eigenvalue weighted by Gasteiger charge is 2.33. The highest BCUT2D eigenvalue weighted by molar-refractivity contribution is 5.89. The van der Waals surface area contributed by atoms with Crippen LogP contribution in [0.2, 0.25) is 0 Å². The van der Waals surface area contributed by atoms with Crippen LogP contribution in [0.3, 0.4) is 0 Å². The van der Waals surface area contributed by atoms with E-state index in [1.807, 2.05) is 6.92 Å². The number of hydrogen-bond acceptors (Lipinski definition) is 2. The molecule has 4 heteroatoms. The Morgan fingerprint density at radius 3 is 2.73 bits per heavy atom. The van der Waals surface area contributed by atoms with Gasteiger partial charge in [0.15, 0.2) is 0 Å². The first-order valence-electron chi connectivity index (χ1n) is 5.60. The lowest BCUT2D eigenvalue weighted by atomic mass is 10.1. The molecule has 0 radical (unpaired) electrons. The van der Waals surface area contributed by atoms with Crippen LogP contribution in [0.15, 0.2) is 0 Å². The van der Waals surface area contributed by atoms with Gasteiger partial charge in [-0.05, 0) is 12.8 Å². The van der Waals surface area contributed by atoms with Crippen LogP contribution in [0.5, 0.6) is 0 Å². The molecule has 0 aromatic carbocycles. The van der Waals surface area contributed by atoms with Crippen LogP contribution >= 0.6 is 0 Å². The summed E-state index contributed by atoms with van der Waals surface area (Å²) in [6.45, 7) is 8.02. The topological polar surface area (TPSA) is 49.4 Å². The number of carbonyl (C=O) groups excluding carboxylic acids is 2. The van der Waals surface area contributed by atoms with E-state index in [0.29, 0.717) is 32.0 Å². The Labute approximate surface area is 91.0 Å². The summed E-state index contributed by atoms with van der Waals surface area (Å²) < 4.78 is 0. The van der Waals surface area contributed by atoms with Gasteiger partial charge in [0.2, 0.25) is 11.8 Å². The number of likely N-dealkylation sites (tertiary alicyclic amines) is 1. The lowest BCUT2D eigenvalue weighted by molar-refractivity contribution is -0.128. The smallest absolute Gasteiger partial charge is 0.225 e. The van der Waals surface area contributed by atoms with Gasteiger partial charge in [-0.1, -0.05) is 13.8 Å². The molecular formula is C11H20N2O2. The summed E-state index contributed by atoms with van der Waals surface area (Å²) in [4.78, 5) is 24.8. The molecule has 0 spiro atoms. The molecule has 1 unspecified atom stereocenters. The van der Waals surface area contributed by atoms with Crippen molar-refractivity contribution in [2.24, 2.45) is 11.8 Å². The molecule has 0 saturated carbocycles. The first-order chi connectivity index (χ1) is 7.04. The summed E-state index contributed by atoms with van der Waals surface area (Å²) in [5, 5.41) is 2.87. The van der Waals surface area contributed by atoms with Gasteiger partial charge in [0.25, 0.3) is 0 Å². The molecule has 1 atom stereocenters. The number of carbonyl (C=O) groups is 2. The number of nitrogens with zero attached hydrogens (tertiary/aromatic N) is 1. The van der Waals surface area contributed by atoms with Gasteiger partial charge in [-0.2, -0.15) is 0 Å². The Kier molecular flexibility index (Phi) is 4.12. The predicted octanol–water partition coefficient (Wildman–Crippen LogP) is 0.627. The maximum Gasteiger partial charge on any atom is 0.225 e. The van der Waals surface area contributed by atoms with Gasteiger partial charge in [0.1, 0.15) is 0 Å². The Morgan fingerprint density at radius 2 is 2.27 bits per heavy atom. The minimum absolute atomic E-state index is 0.0213. The third kappa shape index (κ3) is 3.22. The molecule has 1 aliphatic rings. The van der Waals surface area contributed by atoms with Crippen LogP contribution in [-0.4, -0.2) is 36.3 Å². The van der Waals surface area contributed by atoms with Crippen molar-refractivity contribution in [1.29, 1.82) is 0 Å². The number of rotatable bonds is 4. The third-order valence-corrected chi connectivity index (χ3v) is 2.65. The van der Waals surface area contributed by atoms with Gasteiger partial charge in [-0.15, -0.1) is 0 Å². The third-order valence-electron chi connectivity index (χ3n) is 2.65. The molecule has 1 rings (SSSR count). The van der Waals surface area contributed by atoms with Crippen molar-refractivity contribution >= 4 is 11.8 Å². The standard InChI is InChI=1S/C11H20N2O2/c1-4-13-7-9(5-10(13)14)11(15)12-6-8(2)3/h8-9H,4-7H2,1-3H3,(H,12,15). The molecular weight excluding hydrogens is 192 g/mol. The Hall–Kier alpha value is -1.06. The molecule has 0 aliphatic carbocycles. The van der Waals surface area contributed by atoms with Gasteiger partial charge in [0.05, 0.1) is 5.92 Å². The summed E-state index contributed by atoms with van der Waals surface area (Å²) in [7, 11) is 0. The second-order valence-corrected chi connectivity index (χ2v) is 4.47. The molecule has 15 heavy (non-hydrogen) atoms. The fraction of sp³-hybridized carbons (Fsp3) is 0.818. The molecule has 1 fully saturated rings. The average molecular weight is 212 g/mol. The molecule has 1 N–H and O–H groups in total. The molecule has 0 aromatic rings.